The molecule has 4 aromatic rings. The molecule has 0 spiro atoms. The molecule has 0 saturated heterocycles. The smallest absolute Gasteiger partial charge is 0.270 e. The van der Waals surface area contributed by atoms with Gasteiger partial charge in [-0.3, -0.25) is 14.7 Å². The van der Waals surface area contributed by atoms with Crippen molar-refractivity contribution in [2.24, 2.45) is 0 Å². The number of benzene rings is 2. The van der Waals surface area contributed by atoms with Gasteiger partial charge in [0.1, 0.15) is 23.3 Å². The zero-order chi connectivity index (χ0) is 23.5. The van der Waals surface area contributed by atoms with Crippen molar-refractivity contribution in [1.29, 1.82) is 5.26 Å². The second-order valence-electron chi connectivity index (χ2n) is 6.86. The van der Waals surface area contributed by atoms with Gasteiger partial charge >= 0.3 is 0 Å². The average Bonchev–Trinajstić information content (AvgIpc) is 3.46. The number of ether oxygens (including phenoxy) is 2. The average molecular weight is 463 g/mol. The van der Waals surface area contributed by atoms with Gasteiger partial charge in [0.15, 0.2) is 5.82 Å². The topological polar surface area (TPSA) is 121 Å². The number of nitro benzene ring substituents is 1. The number of furan rings is 1. The van der Waals surface area contributed by atoms with Crippen LogP contribution in [0.15, 0.2) is 59.2 Å². The number of nitriles is 1. The summed E-state index contributed by atoms with van der Waals surface area (Å²) in [6.45, 7) is 0.273. The van der Waals surface area contributed by atoms with E-state index in [-0.39, 0.29) is 22.6 Å². The summed E-state index contributed by atoms with van der Waals surface area (Å²) in [6.07, 6.45) is 1.56. The number of nitro groups is 1. The van der Waals surface area contributed by atoms with Gasteiger partial charge in [0, 0.05) is 23.8 Å². The van der Waals surface area contributed by atoms with Gasteiger partial charge in [-0.25, -0.2) is 4.68 Å². The SMILES string of the molecule is COc1cc(OC)cc(-c2nn(-c3ccc([N+](=O)[O-])cc3C#N)c(=S)n2Cc2ccco2)c1. The normalized spacial score (nSPS) is 10.6. The molecule has 33 heavy (non-hydrogen) atoms. The first-order chi connectivity index (χ1) is 15.9. The van der Waals surface area contributed by atoms with E-state index in [0.717, 1.165) is 0 Å². The van der Waals surface area contributed by atoms with Gasteiger partial charge in [-0.1, -0.05) is 0 Å². The van der Waals surface area contributed by atoms with Crippen LogP contribution in [-0.4, -0.2) is 33.5 Å². The van der Waals surface area contributed by atoms with Crippen LogP contribution in [0.1, 0.15) is 11.3 Å². The Balaban J connectivity index is 1.95. The van der Waals surface area contributed by atoms with Crippen LogP contribution in [0.3, 0.4) is 0 Å². The summed E-state index contributed by atoms with van der Waals surface area (Å²) in [5.41, 5.74) is 0.845. The third kappa shape index (κ3) is 4.19. The number of hydrogen-bond donors (Lipinski definition) is 0. The molecule has 0 unspecified atom stereocenters. The van der Waals surface area contributed by atoms with Crippen molar-refractivity contribution >= 4 is 17.9 Å². The molecule has 0 aliphatic carbocycles. The van der Waals surface area contributed by atoms with Crippen LogP contribution in [0, 0.1) is 26.2 Å². The van der Waals surface area contributed by atoms with Crippen molar-refractivity contribution in [2.75, 3.05) is 14.2 Å². The van der Waals surface area contributed by atoms with Crippen LogP contribution in [0.5, 0.6) is 11.5 Å². The Hall–Kier alpha value is -4.43. The molecular weight excluding hydrogens is 446 g/mol. The van der Waals surface area contributed by atoms with Crippen LogP contribution < -0.4 is 9.47 Å². The van der Waals surface area contributed by atoms with E-state index in [4.69, 9.17) is 26.1 Å². The van der Waals surface area contributed by atoms with Crippen molar-refractivity contribution in [1.82, 2.24) is 14.3 Å². The maximum atomic E-state index is 11.1. The van der Waals surface area contributed by atoms with Crippen LogP contribution in [0.4, 0.5) is 5.69 Å². The summed E-state index contributed by atoms with van der Waals surface area (Å²) in [6, 6.07) is 14.8. The molecule has 0 saturated carbocycles. The van der Waals surface area contributed by atoms with Gasteiger partial charge in [-0.05, 0) is 42.5 Å². The minimum Gasteiger partial charge on any atom is -0.497 e. The largest absolute Gasteiger partial charge is 0.497 e. The van der Waals surface area contributed by atoms with Crippen molar-refractivity contribution in [3.63, 3.8) is 0 Å². The third-order valence-electron chi connectivity index (χ3n) is 4.91. The fourth-order valence-corrected chi connectivity index (χ4v) is 3.61. The lowest BCUT2D eigenvalue weighted by atomic mass is 10.2. The first kappa shape index (κ1) is 21.8. The van der Waals surface area contributed by atoms with E-state index in [2.05, 4.69) is 5.10 Å². The fourth-order valence-electron chi connectivity index (χ4n) is 3.32. The predicted octanol–water partition coefficient (Wildman–Crippen LogP) is 4.51. The first-order valence-corrected chi connectivity index (χ1v) is 10.0. The highest BCUT2D eigenvalue weighted by atomic mass is 32.1. The lowest BCUT2D eigenvalue weighted by Crippen LogP contribution is -2.04. The third-order valence-corrected chi connectivity index (χ3v) is 5.30. The Kier molecular flexibility index (Phi) is 5.93. The molecule has 2 heterocycles. The van der Waals surface area contributed by atoms with Crippen molar-refractivity contribution in [3.05, 3.63) is 81.0 Å². The minimum absolute atomic E-state index is 0.0673. The number of methoxy groups -OCH3 is 2. The first-order valence-electron chi connectivity index (χ1n) is 9.59. The Bertz CT molecular complexity index is 1410. The highest BCUT2D eigenvalue weighted by molar-refractivity contribution is 7.71. The maximum Gasteiger partial charge on any atom is 0.270 e. The van der Waals surface area contributed by atoms with E-state index >= 15 is 0 Å². The summed E-state index contributed by atoms with van der Waals surface area (Å²) in [7, 11) is 3.09. The van der Waals surface area contributed by atoms with E-state index in [1.807, 2.05) is 12.1 Å². The van der Waals surface area contributed by atoms with Crippen molar-refractivity contribution in [3.8, 4) is 34.6 Å². The van der Waals surface area contributed by atoms with Crippen LogP contribution in [0.2, 0.25) is 0 Å². The molecule has 4 rings (SSSR count). The van der Waals surface area contributed by atoms with E-state index in [9.17, 15) is 15.4 Å². The Morgan fingerprint density at radius 3 is 2.48 bits per heavy atom. The molecule has 166 valence electrons. The predicted molar refractivity (Wildman–Crippen MR) is 120 cm³/mol. The number of nitrogens with zero attached hydrogens (tertiary/aromatic N) is 5. The molecule has 0 radical (unpaired) electrons. The molecule has 0 bridgehead atoms. The number of non-ortho nitro benzene ring substituents is 1. The summed E-state index contributed by atoms with van der Waals surface area (Å²) < 4.78 is 19.7. The lowest BCUT2D eigenvalue weighted by Gasteiger charge is -2.09. The standard InChI is InChI=1S/C22H17N5O5S/c1-30-18-9-14(10-19(11-18)31-2)21-24-26(22(33)25(21)13-17-4-3-7-32-17)20-6-5-16(27(28)29)8-15(20)12-23/h3-11H,13H2,1-2H3. The molecule has 10 nitrogen and oxygen atoms in total. The van der Waals surface area contributed by atoms with Gasteiger partial charge in [0.2, 0.25) is 4.77 Å². The molecule has 0 aliphatic heterocycles. The zero-order valence-electron chi connectivity index (χ0n) is 17.6. The molecule has 11 heteroatoms. The second kappa shape index (κ2) is 8.97. The van der Waals surface area contributed by atoms with E-state index < -0.39 is 4.92 Å². The lowest BCUT2D eigenvalue weighted by molar-refractivity contribution is -0.384. The maximum absolute atomic E-state index is 11.1. The summed E-state index contributed by atoms with van der Waals surface area (Å²) in [4.78, 5) is 10.6. The van der Waals surface area contributed by atoms with Crippen LogP contribution in [0.25, 0.3) is 17.1 Å². The molecule has 0 N–H and O–H groups in total. The summed E-state index contributed by atoms with van der Waals surface area (Å²) in [5.74, 6) is 2.23. The quantitative estimate of drug-likeness (QED) is 0.223. The van der Waals surface area contributed by atoms with Gasteiger partial charge in [-0.2, -0.15) is 5.26 Å². The Morgan fingerprint density at radius 1 is 1.18 bits per heavy atom. The van der Waals surface area contributed by atoms with Gasteiger partial charge in [0.25, 0.3) is 5.69 Å². The van der Waals surface area contributed by atoms with Gasteiger partial charge in [-0.15, -0.1) is 5.10 Å². The summed E-state index contributed by atoms with van der Waals surface area (Å²) >= 11 is 5.70. The van der Waals surface area contributed by atoms with Gasteiger partial charge < -0.3 is 13.9 Å². The minimum atomic E-state index is -0.562. The highest BCUT2D eigenvalue weighted by Crippen LogP contribution is 2.31. The second-order valence-corrected chi connectivity index (χ2v) is 7.22. The van der Waals surface area contributed by atoms with E-state index in [1.165, 1.54) is 22.9 Å². The molecular formula is C22H17N5O5S. The van der Waals surface area contributed by atoms with Gasteiger partial charge in [0.05, 0.1) is 43.2 Å². The molecule has 0 aliphatic rings. The number of hydrogen-bond acceptors (Lipinski definition) is 8. The molecule has 0 amide bonds. The Labute approximate surface area is 193 Å². The van der Waals surface area contributed by atoms with E-state index in [0.29, 0.717) is 34.3 Å². The monoisotopic (exact) mass is 463 g/mol. The zero-order valence-corrected chi connectivity index (χ0v) is 18.4. The molecule has 2 aromatic carbocycles. The molecule has 0 fully saturated rings. The number of aromatic nitrogens is 3. The fraction of sp³-hybridized carbons (Fsp3) is 0.136. The summed E-state index contributed by atoms with van der Waals surface area (Å²) in [5, 5.41) is 25.4. The van der Waals surface area contributed by atoms with Crippen molar-refractivity contribution < 1.29 is 18.8 Å². The molecule has 0 atom stereocenters. The van der Waals surface area contributed by atoms with Crippen LogP contribution >= 0.6 is 12.2 Å². The Morgan fingerprint density at radius 2 is 1.91 bits per heavy atom. The van der Waals surface area contributed by atoms with E-state index in [1.54, 1.807) is 49.3 Å². The van der Waals surface area contributed by atoms with Crippen molar-refractivity contribution in [2.45, 2.75) is 6.54 Å². The molecule has 2 aromatic heterocycles. The highest BCUT2D eigenvalue weighted by Gasteiger charge is 2.20. The number of rotatable bonds is 7. The van der Waals surface area contributed by atoms with Crippen LogP contribution in [-0.2, 0) is 6.54 Å².